The van der Waals surface area contributed by atoms with E-state index in [-0.39, 0.29) is 19.3 Å². The highest BCUT2D eigenvalue weighted by molar-refractivity contribution is 7.47. The summed E-state index contributed by atoms with van der Waals surface area (Å²) in [6.07, 6.45) is 110. The molecule has 0 aromatic heterocycles. The van der Waals surface area contributed by atoms with Crippen LogP contribution in [0.25, 0.3) is 0 Å². The summed E-state index contributed by atoms with van der Waals surface area (Å²) in [5.74, 6) is -1.59. The molecule has 0 fully saturated rings. The summed E-state index contributed by atoms with van der Waals surface area (Å²) in [6.45, 7) is 2.53. The van der Waals surface area contributed by atoms with Crippen molar-refractivity contribution in [1.82, 2.24) is 0 Å². The summed E-state index contributed by atoms with van der Waals surface area (Å²) in [5.41, 5.74) is 0. The van der Waals surface area contributed by atoms with E-state index < -0.39 is 91.5 Å². The monoisotopic (exact) mass is 1620 g/mol. The largest absolute Gasteiger partial charge is 0.472 e. The molecule has 0 saturated carbocycles. The van der Waals surface area contributed by atoms with E-state index in [2.05, 4.69) is 179 Å². The van der Waals surface area contributed by atoms with Crippen molar-refractivity contribution < 1.29 is 75.8 Å². The van der Waals surface area contributed by atoms with Gasteiger partial charge in [0.2, 0.25) is 0 Å². The van der Waals surface area contributed by atoms with Crippen molar-refractivity contribution in [1.29, 1.82) is 0 Å². The van der Waals surface area contributed by atoms with Gasteiger partial charge in [0.05, 0.1) is 26.4 Å². The Balaban J connectivity index is 4.68. The Morgan fingerprint density at radius 2 is 0.469 bits per heavy atom. The van der Waals surface area contributed by atoms with Crippen LogP contribution in [0.4, 0.5) is 0 Å². The Morgan fingerprint density at radius 3 is 0.743 bits per heavy atom. The first-order chi connectivity index (χ1) is 55.2. The number of carbonyl (C=O) groups excluding carboxylic acids is 3. The smallest absolute Gasteiger partial charge is 0.463 e. The van der Waals surface area contributed by atoms with E-state index in [4.69, 9.17) is 32.3 Å². The van der Waals surface area contributed by atoms with E-state index >= 15 is 0 Å². The lowest BCUT2D eigenvalue weighted by atomic mass is 10.0. The zero-order chi connectivity index (χ0) is 82.2. The van der Waals surface area contributed by atoms with E-state index in [9.17, 15) is 43.5 Å². The molecule has 0 rings (SSSR count). The molecule has 0 aliphatic heterocycles. The topological polar surface area (TPSA) is 231 Å². The zero-order valence-corrected chi connectivity index (χ0v) is 73.0. The standard InChI is InChI=1S/C95H162O16P2/c1-4-7-10-13-16-19-22-25-28-31-34-37-40-42-44-46-49-51-54-57-60-63-66-69-72-75-78-81-93(98)105-84-90(96)85-107-112(101,102)108-86-91(97)87-109-113(103,104)110-89-92(111-95(100)83-80-77-74-71-68-65-62-59-56-53-48-39-36-33-30-27-24-21-18-15-12-9-6-3)88-106-94(99)82-79-76-73-70-67-64-61-58-55-52-50-47-45-43-41-38-35-32-29-26-23-20-17-14-11-8-5-2/h9,12,16-21,25-30,34-39,42-45,53,56,90-92,96-97H,4-8,10-11,13-15,22-24,31-33,40-41,46-52,54-55,57-89H2,1-3H3,(H,101,102)(H,103,104)/b12-9-,19-16-,20-17-,21-18-,28-25-,29-26-,30-27-,37-34-,38-35-,39-36-,44-42-,45-43-,56-53-. The molecule has 0 saturated heterocycles. The van der Waals surface area contributed by atoms with Crippen LogP contribution in [0.3, 0.4) is 0 Å². The van der Waals surface area contributed by atoms with Gasteiger partial charge in [-0.05, 0) is 154 Å². The molecule has 5 unspecified atom stereocenters. The number of phosphoric ester groups is 2. The van der Waals surface area contributed by atoms with Gasteiger partial charge >= 0.3 is 33.6 Å². The molecule has 113 heavy (non-hydrogen) atoms. The van der Waals surface area contributed by atoms with Crippen LogP contribution >= 0.6 is 15.6 Å². The van der Waals surface area contributed by atoms with Crippen LogP contribution in [0.5, 0.6) is 0 Å². The summed E-state index contributed by atoms with van der Waals surface area (Å²) >= 11 is 0. The maximum Gasteiger partial charge on any atom is 0.472 e. The summed E-state index contributed by atoms with van der Waals surface area (Å²) < 4.78 is 61.4. The highest BCUT2D eigenvalue weighted by Gasteiger charge is 2.29. The van der Waals surface area contributed by atoms with Gasteiger partial charge in [0.15, 0.2) is 6.10 Å². The normalized spacial score (nSPS) is 14.6. The zero-order valence-electron chi connectivity index (χ0n) is 71.3. The fourth-order valence-electron chi connectivity index (χ4n) is 11.9. The number of hydrogen-bond acceptors (Lipinski definition) is 14. The summed E-state index contributed by atoms with van der Waals surface area (Å²) in [4.78, 5) is 59.0. The number of aliphatic hydroxyl groups is 2. The summed E-state index contributed by atoms with van der Waals surface area (Å²) in [5, 5.41) is 20.7. The van der Waals surface area contributed by atoms with E-state index in [0.29, 0.717) is 19.3 Å². The van der Waals surface area contributed by atoms with Crippen molar-refractivity contribution in [3.8, 4) is 0 Å². The van der Waals surface area contributed by atoms with Crippen molar-refractivity contribution in [3.05, 3.63) is 158 Å². The lowest BCUT2D eigenvalue weighted by Crippen LogP contribution is -2.30. The van der Waals surface area contributed by atoms with Crippen molar-refractivity contribution in [3.63, 3.8) is 0 Å². The molecule has 0 spiro atoms. The third kappa shape index (κ3) is 87.8. The number of ether oxygens (including phenoxy) is 3. The van der Waals surface area contributed by atoms with Gasteiger partial charge in [-0.25, -0.2) is 9.13 Å². The molecule has 0 aromatic rings. The molecular weight excluding hydrogens is 1460 g/mol. The molecule has 18 heteroatoms. The fraction of sp³-hybridized carbons (Fsp3) is 0.695. The predicted molar refractivity (Wildman–Crippen MR) is 472 cm³/mol. The highest BCUT2D eigenvalue weighted by Crippen LogP contribution is 2.45. The molecule has 648 valence electrons. The third-order valence-corrected chi connectivity index (χ3v) is 20.6. The van der Waals surface area contributed by atoms with Crippen LogP contribution in [0.2, 0.25) is 0 Å². The highest BCUT2D eigenvalue weighted by atomic mass is 31.2. The molecule has 0 aromatic carbocycles. The molecular formula is C95H162O16P2. The van der Waals surface area contributed by atoms with Gasteiger partial charge in [-0.3, -0.25) is 32.5 Å². The molecule has 0 heterocycles. The van der Waals surface area contributed by atoms with Gasteiger partial charge in [-0.15, -0.1) is 0 Å². The summed E-state index contributed by atoms with van der Waals surface area (Å²) in [7, 11) is -9.82. The second-order valence-electron chi connectivity index (χ2n) is 29.7. The molecule has 4 N–H and O–H groups in total. The van der Waals surface area contributed by atoms with Crippen LogP contribution in [0, 0.1) is 0 Å². The molecule has 0 radical (unpaired) electrons. The number of phosphoric acid groups is 2. The SMILES string of the molecule is CC/C=C\C/C=C\C/C=C\C/C=C\C/C=C\CCCCCCCCCC(=O)OC(COC(=O)CCCCCCCCCCCCC/C=C\C/C=C\C/C=C\C/C=C\CCCCC)COP(=O)(O)OCC(O)COP(=O)(O)OCC(O)COC(=O)CCCCCCCCCCCCC/C=C\C/C=C\C/C=C\C/C=C\CCCCC. The summed E-state index contributed by atoms with van der Waals surface area (Å²) in [6, 6.07) is 0. The van der Waals surface area contributed by atoms with Crippen LogP contribution in [-0.4, -0.2) is 95.9 Å². The van der Waals surface area contributed by atoms with Gasteiger partial charge < -0.3 is 34.2 Å². The predicted octanol–water partition coefficient (Wildman–Crippen LogP) is 27.3. The Hall–Kier alpha value is -4.83. The van der Waals surface area contributed by atoms with Crippen molar-refractivity contribution in [2.45, 2.75) is 386 Å². The minimum atomic E-state index is -4.95. The van der Waals surface area contributed by atoms with Gasteiger partial charge in [-0.1, -0.05) is 352 Å². The third-order valence-electron chi connectivity index (χ3n) is 18.7. The number of aliphatic hydroxyl groups excluding tert-OH is 2. The first-order valence-corrected chi connectivity index (χ1v) is 47.8. The van der Waals surface area contributed by atoms with Gasteiger partial charge in [0.1, 0.15) is 25.4 Å². The number of carbonyl (C=O) groups is 3. The van der Waals surface area contributed by atoms with Crippen LogP contribution in [0.15, 0.2) is 158 Å². The Labute approximate surface area is 689 Å². The van der Waals surface area contributed by atoms with Gasteiger partial charge in [0.25, 0.3) is 0 Å². The van der Waals surface area contributed by atoms with Gasteiger partial charge in [-0.2, -0.15) is 0 Å². The number of unbranched alkanes of at least 4 members (excludes halogenated alkanes) is 35. The quantitative estimate of drug-likeness (QED) is 0.0146. The Bertz CT molecular complexity index is 2680. The van der Waals surface area contributed by atoms with Crippen LogP contribution < -0.4 is 0 Å². The second-order valence-corrected chi connectivity index (χ2v) is 32.6. The van der Waals surface area contributed by atoms with Crippen molar-refractivity contribution in [2.75, 3.05) is 39.6 Å². The lowest BCUT2D eigenvalue weighted by Gasteiger charge is -2.21. The average Bonchev–Trinajstić information content (AvgIpc) is 0.900. The molecule has 0 aliphatic rings. The molecule has 5 atom stereocenters. The van der Waals surface area contributed by atoms with E-state index in [1.165, 1.54) is 135 Å². The maximum atomic E-state index is 13.1. The molecule has 0 aliphatic carbocycles. The van der Waals surface area contributed by atoms with E-state index in [1.807, 2.05) is 0 Å². The minimum absolute atomic E-state index is 0.0864. The lowest BCUT2D eigenvalue weighted by molar-refractivity contribution is -0.161. The Morgan fingerprint density at radius 1 is 0.257 bits per heavy atom. The molecule has 0 bridgehead atoms. The number of esters is 3. The fourth-order valence-corrected chi connectivity index (χ4v) is 13.5. The first-order valence-electron chi connectivity index (χ1n) is 44.8. The average molecular weight is 1620 g/mol. The van der Waals surface area contributed by atoms with Crippen LogP contribution in [0.1, 0.15) is 367 Å². The van der Waals surface area contributed by atoms with Crippen molar-refractivity contribution in [2.24, 2.45) is 0 Å². The van der Waals surface area contributed by atoms with Crippen molar-refractivity contribution >= 4 is 33.6 Å². The maximum absolute atomic E-state index is 13.1. The van der Waals surface area contributed by atoms with Gasteiger partial charge in [0, 0.05) is 19.3 Å². The second kappa shape index (κ2) is 86.5. The van der Waals surface area contributed by atoms with E-state index in [1.54, 1.807) is 0 Å². The number of rotatable bonds is 84. The number of allylic oxidation sites excluding steroid dienone is 26. The molecule has 16 nitrogen and oxygen atoms in total. The van der Waals surface area contributed by atoms with Crippen LogP contribution in [-0.2, 0) is 55.8 Å². The first kappa shape index (κ1) is 108. The minimum Gasteiger partial charge on any atom is -0.463 e. The van der Waals surface area contributed by atoms with E-state index in [0.717, 1.165) is 173 Å². The molecule has 0 amide bonds. The Kier molecular flexibility index (Phi) is 82.8. The number of hydrogen-bond donors (Lipinski definition) is 4.